The molecule has 28 heavy (non-hydrogen) atoms. The standard InChI is InChI=1S/C19H19ClN2O5S/c1-2-22(13-6-4-3-5-7-13)19(24)8-9-28(25,26)17-11-16-15(10-14(17)20)21-18(23)12-27-16/h3-7,10-11H,2,8-9,12H2,1H3,(H,21,23). The number of halogens is 1. The molecule has 1 aliphatic rings. The first-order valence-electron chi connectivity index (χ1n) is 8.66. The molecule has 0 bridgehead atoms. The summed E-state index contributed by atoms with van der Waals surface area (Å²) in [5.41, 5.74) is 1.03. The van der Waals surface area contributed by atoms with Crippen LogP contribution in [0.4, 0.5) is 11.4 Å². The maximum atomic E-state index is 12.8. The highest BCUT2D eigenvalue weighted by Gasteiger charge is 2.26. The number of nitrogens with zero attached hydrogens (tertiary/aromatic N) is 1. The van der Waals surface area contributed by atoms with Gasteiger partial charge < -0.3 is 15.0 Å². The van der Waals surface area contributed by atoms with E-state index in [1.807, 2.05) is 25.1 Å². The number of para-hydroxylation sites is 1. The van der Waals surface area contributed by atoms with E-state index in [1.54, 1.807) is 12.1 Å². The summed E-state index contributed by atoms with van der Waals surface area (Å²) in [6, 6.07) is 11.7. The summed E-state index contributed by atoms with van der Waals surface area (Å²) in [6.07, 6.45) is -0.184. The van der Waals surface area contributed by atoms with Gasteiger partial charge in [-0.1, -0.05) is 29.8 Å². The molecule has 0 saturated heterocycles. The fourth-order valence-electron chi connectivity index (χ4n) is 2.90. The van der Waals surface area contributed by atoms with Gasteiger partial charge in [0.15, 0.2) is 16.4 Å². The Kier molecular flexibility index (Phi) is 5.90. The molecule has 7 nitrogen and oxygen atoms in total. The third-order valence-electron chi connectivity index (χ3n) is 4.27. The van der Waals surface area contributed by atoms with E-state index in [-0.39, 0.29) is 46.3 Å². The normalized spacial score (nSPS) is 13.3. The summed E-state index contributed by atoms with van der Waals surface area (Å²) >= 11 is 6.11. The second-order valence-electron chi connectivity index (χ2n) is 6.16. The van der Waals surface area contributed by atoms with Gasteiger partial charge in [-0.2, -0.15) is 0 Å². The van der Waals surface area contributed by atoms with Crippen LogP contribution >= 0.6 is 11.6 Å². The zero-order valence-corrected chi connectivity index (χ0v) is 16.7. The minimum atomic E-state index is -3.83. The van der Waals surface area contributed by atoms with Crippen molar-refractivity contribution < 1.29 is 22.7 Å². The summed E-state index contributed by atoms with van der Waals surface area (Å²) < 4.78 is 30.8. The first-order chi connectivity index (χ1) is 13.3. The van der Waals surface area contributed by atoms with Crippen molar-refractivity contribution in [1.29, 1.82) is 0 Å². The van der Waals surface area contributed by atoms with Crippen LogP contribution in [0.3, 0.4) is 0 Å². The van der Waals surface area contributed by atoms with Crippen molar-refractivity contribution in [1.82, 2.24) is 0 Å². The number of amides is 2. The molecule has 2 amide bonds. The zero-order chi connectivity index (χ0) is 20.3. The van der Waals surface area contributed by atoms with Gasteiger partial charge in [-0.05, 0) is 25.1 Å². The SMILES string of the molecule is CCN(C(=O)CCS(=O)(=O)c1cc2c(cc1Cl)NC(=O)CO2)c1ccccc1. The largest absolute Gasteiger partial charge is 0.482 e. The average Bonchev–Trinajstić information content (AvgIpc) is 2.67. The van der Waals surface area contributed by atoms with Gasteiger partial charge in [0.1, 0.15) is 5.75 Å². The van der Waals surface area contributed by atoms with Gasteiger partial charge in [-0.25, -0.2) is 8.42 Å². The molecule has 0 unspecified atom stereocenters. The summed E-state index contributed by atoms with van der Waals surface area (Å²) in [5, 5.41) is 2.53. The van der Waals surface area contributed by atoms with Crippen LogP contribution in [-0.2, 0) is 19.4 Å². The van der Waals surface area contributed by atoms with Crippen molar-refractivity contribution in [2.45, 2.75) is 18.2 Å². The molecule has 1 N–H and O–H groups in total. The highest BCUT2D eigenvalue weighted by molar-refractivity contribution is 7.91. The van der Waals surface area contributed by atoms with E-state index in [2.05, 4.69) is 5.32 Å². The molecule has 0 atom stereocenters. The van der Waals surface area contributed by atoms with Crippen molar-refractivity contribution in [3.05, 3.63) is 47.5 Å². The van der Waals surface area contributed by atoms with Crippen LogP contribution in [0.5, 0.6) is 5.75 Å². The number of ether oxygens (including phenoxy) is 1. The van der Waals surface area contributed by atoms with Gasteiger partial charge in [0, 0.05) is 24.7 Å². The molecule has 0 aromatic heterocycles. The second-order valence-corrected chi connectivity index (χ2v) is 8.64. The van der Waals surface area contributed by atoms with Gasteiger partial charge in [0.25, 0.3) is 5.91 Å². The molecule has 1 heterocycles. The third-order valence-corrected chi connectivity index (χ3v) is 6.45. The summed E-state index contributed by atoms with van der Waals surface area (Å²) in [7, 11) is -3.83. The third kappa shape index (κ3) is 4.28. The van der Waals surface area contributed by atoms with Gasteiger partial charge >= 0.3 is 0 Å². The number of anilines is 2. The minimum Gasteiger partial charge on any atom is -0.482 e. The van der Waals surface area contributed by atoms with E-state index in [4.69, 9.17) is 16.3 Å². The Bertz CT molecular complexity index is 1010. The number of benzene rings is 2. The average molecular weight is 423 g/mol. The predicted molar refractivity (Wildman–Crippen MR) is 107 cm³/mol. The molecule has 0 spiro atoms. The molecule has 9 heteroatoms. The zero-order valence-electron chi connectivity index (χ0n) is 15.1. The number of sulfone groups is 1. The maximum Gasteiger partial charge on any atom is 0.262 e. The van der Waals surface area contributed by atoms with Crippen LogP contribution in [0, 0.1) is 0 Å². The Morgan fingerprint density at radius 3 is 2.64 bits per heavy atom. The van der Waals surface area contributed by atoms with Crippen molar-refractivity contribution in [2.24, 2.45) is 0 Å². The van der Waals surface area contributed by atoms with Crippen molar-refractivity contribution in [3.63, 3.8) is 0 Å². The number of hydrogen-bond donors (Lipinski definition) is 1. The lowest BCUT2D eigenvalue weighted by Gasteiger charge is -2.21. The molecule has 2 aromatic carbocycles. The molecule has 0 fully saturated rings. The lowest BCUT2D eigenvalue weighted by Crippen LogP contribution is -2.32. The van der Waals surface area contributed by atoms with Crippen LogP contribution in [0.2, 0.25) is 5.02 Å². The first-order valence-corrected chi connectivity index (χ1v) is 10.7. The number of carbonyl (C=O) groups is 2. The number of nitrogens with one attached hydrogen (secondary N) is 1. The van der Waals surface area contributed by atoms with Gasteiger partial charge in [-0.15, -0.1) is 0 Å². The molecule has 3 rings (SSSR count). The van der Waals surface area contributed by atoms with Gasteiger partial charge in [0.05, 0.1) is 21.4 Å². The number of rotatable bonds is 6. The Labute approximate surface area is 168 Å². The monoisotopic (exact) mass is 422 g/mol. The predicted octanol–water partition coefficient (Wildman–Crippen LogP) is 2.89. The lowest BCUT2D eigenvalue weighted by molar-refractivity contribution is -0.119. The van der Waals surface area contributed by atoms with E-state index in [1.165, 1.54) is 17.0 Å². The quantitative estimate of drug-likeness (QED) is 0.772. The fourth-order valence-corrected chi connectivity index (χ4v) is 4.72. The minimum absolute atomic E-state index is 0.0348. The summed E-state index contributed by atoms with van der Waals surface area (Å²) in [5.74, 6) is -0.798. The van der Waals surface area contributed by atoms with Gasteiger partial charge in [0.2, 0.25) is 5.91 Å². The van der Waals surface area contributed by atoms with Crippen LogP contribution < -0.4 is 15.0 Å². The van der Waals surface area contributed by atoms with Crippen LogP contribution in [0.15, 0.2) is 47.4 Å². The van der Waals surface area contributed by atoms with Crippen molar-refractivity contribution in [3.8, 4) is 5.75 Å². The molecule has 1 aliphatic heterocycles. The molecule has 0 radical (unpaired) electrons. The summed E-state index contributed by atoms with van der Waals surface area (Å²) in [4.78, 5) is 25.3. The van der Waals surface area contributed by atoms with Crippen molar-refractivity contribution >= 4 is 44.6 Å². The highest BCUT2D eigenvalue weighted by Crippen LogP contribution is 2.36. The van der Waals surface area contributed by atoms with Crippen LogP contribution in [0.1, 0.15) is 13.3 Å². The molecular formula is C19H19ClN2O5S. The Morgan fingerprint density at radius 2 is 1.96 bits per heavy atom. The maximum absolute atomic E-state index is 12.8. The molecule has 2 aromatic rings. The fraction of sp³-hybridized carbons (Fsp3) is 0.263. The van der Waals surface area contributed by atoms with Crippen molar-refractivity contribution in [2.75, 3.05) is 29.1 Å². The summed E-state index contributed by atoms with van der Waals surface area (Å²) in [6.45, 7) is 2.05. The van der Waals surface area contributed by atoms with E-state index in [0.29, 0.717) is 17.9 Å². The highest BCUT2D eigenvalue weighted by atomic mass is 35.5. The topological polar surface area (TPSA) is 92.8 Å². The first kappa shape index (κ1) is 20.2. The number of carbonyl (C=O) groups excluding carboxylic acids is 2. The van der Waals surface area contributed by atoms with E-state index >= 15 is 0 Å². The second kappa shape index (κ2) is 8.20. The number of hydrogen-bond acceptors (Lipinski definition) is 5. The van der Waals surface area contributed by atoms with E-state index < -0.39 is 9.84 Å². The lowest BCUT2D eigenvalue weighted by atomic mass is 10.2. The smallest absolute Gasteiger partial charge is 0.262 e. The Hall–Kier alpha value is -2.58. The molecule has 0 aliphatic carbocycles. The number of fused-ring (bicyclic) bond motifs is 1. The van der Waals surface area contributed by atoms with E-state index in [9.17, 15) is 18.0 Å². The Morgan fingerprint density at radius 1 is 1.25 bits per heavy atom. The molecule has 148 valence electrons. The Balaban J connectivity index is 1.77. The van der Waals surface area contributed by atoms with Gasteiger partial charge in [-0.3, -0.25) is 9.59 Å². The van der Waals surface area contributed by atoms with E-state index in [0.717, 1.165) is 0 Å². The molecular weight excluding hydrogens is 404 g/mol. The van der Waals surface area contributed by atoms with Crippen LogP contribution in [0.25, 0.3) is 0 Å². The molecule has 0 saturated carbocycles. The van der Waals surface area contributed by atoms with Crippen LogP contribution in [-0.4, -0.2) is 39.1 Å².